The third kappa shape index (κ3) is 1.32. The van der Waals surface area contributed by atoms with E-state index in [0.29, 0.717) is 11.6 Å². The zero-order valence-electron chi connectivity index (χ0n) is 6.49. The monoisotopic (exact) mass is 167 g/mol. The number of carbonyl (C=O) groups is 1. The second-order valence-corrected chi connectivity index (χ2v) is 3.13. The summed E-state index contributed by atoms with van der Waals surface area (Å²) in [4.78, 5) is 10.6. The molecule has 0 spiro atoms. The maximum Gasteiger partial charge on any atom is 0.340 e. The summed E-state index contributed by atoms with van der Waals surface area (Å²) in [5.41, 5.74) is 0.798. The van der Waals surface area contributed by atoms with Crippen LogP contribution >= 0.6 is 0 Å². The van der Waals surface area contributed by atoms with E-state index < -0.39 is 5.97 Å². The Morgan fingerprint density at radius 2 is 2.50 bits per heavy atom. The lowest BCUT2D eigenvalue weighted by molar-refractivity contribution is 0.0695. The van der Waals surface area contributed by atoms with Gasteiger partial charge in [-0.3, -0.25) is 0 Å². The quantitative estimate of drug-likeness (QED) is 0.737. The van der Waals surface area contributed by atoms with E-state index in [4.69, 9.17) is 5.11 Å². The van der Waals surface area contributed by atoms with Crippen molar-refractivity contribution in [2.45, 2.75) is 19.3 Å². The van der Waals surface area contributed by atoms with Crippen molar-refractivity contribution in [3.05, 3.63) is 17.5 Å². The number of carboxylic acids is 1. The molecule has 0 unspecified atom stereocenters. The molecule has 1 N–H and O–H groups in total. The largest absolute Gasteiger partial charge is 0.478 e. The number of hydrogen-bond acceptors (Lipinski definition) is 3. The molecule has 1 aliphatic rings. The minimum Gasteiger partial charge on any atom is -0.478 e. The lowest BCUT2D eigenvalue weighted by Crippen LogP contribution is -2.00. The molecule has 0 radical (unpaired) electrons. The van der Waals surface area contributed by atoms with Gasteiger partial charge in [-0.2, -0.15) is 0 Å². The summed E-state index contributed by atoms with van der Waals surface area (Å²) in [6.45, 7) is 0. The van der Waals surface area contributed by atoms with Gasteiger partial charge in [-0.25, -0.2) is 4.79 Å². The van der Waals surface area contributed by atoms with Crippen LogP contribution in [0.15, 0.2) is 10.8 Å². The summed E-state index contributed by atoms with van der Waals surface area (Å²) < 4.78 is 4.60. The molecule has 64 valence electrons. The van der Waals surface area contributed by atoms with Gasteiger partial charge in [0.15, 0.2) is 0 Å². The number of carboxylic acid groups (broad SMARTS) is 1. The highest BCUT2D eigenvalue weighted by atomic mass is 16.5. The van der Waals surface area contributed by atoms with Gasteiger partial charge in [0.2, 0.25) is 0 Å². The number of aromatic nitrogens is 1. The standard InChI is InChI=1S/C8H9NO3/c10-8(11)6-4-12-9-7(6)3-5-1-2-5/h4-5H,1-3H2,(H,10,11). The van der Waals surface area contributed by atoms with Gasteiger partial charge in [0.1, 0.15) is 11.8 Å². The Kier molecular flexibility index (Phi) is 1.60. The second kappa shape index (κ2) is 2.62. The Labute approximate surface area is 69.2 Å². The van der Waals surface area contributed by atoms with E-state index in [9.17, 15) is 4.79 Å². The van der Waals surface area contributed by atoms with E-state index in [1.54, 1.807) is 0 Å². The molecule has 1 saturated carbocycles. The van der Waals surface area contributed by atoms with E-state index in [1.165, 1.54) is 19.1 Å². The first-order chi connectivity index (χ1) is 5.77. The van der Waals surface area contributed by atoms with Crippen LogP contribution in [0.2, 0.25) is 0 Å². The molecule has 1 aromatic heterocycles. The van der Waals surface area contributed by atoms with Crippen LogP contribution in [0.25, 0.3) is 0 Å². The van der Waals surface area contributed by atoms with Crippen molar-refractivity contribution >= 4 is 5.97 Å². The fraction of sp³-hybridized carbons (Fsp3) is 0.500. The maximum absolute atomic E-state index is 10.6. The first-order valence-electron chi connectivity index (χ1n) is 3.94. The molecule has 2 rings (SSSR count). The van der Waals surface area contributed by atoms with Crippen LogP contribution in [-0.2, 0) is 6.42 Å². The first-order valence-corrected chi connectivity index (χ1v) is 3.94. The third-order valence-electron chi connectivity index (χ3n) is 2.05. The van der Waals surface area contributed by atoms with E-state index in [1.807, 2.05) is 0 Å². The molecule has 0 amide bonds. The van der Waals surface area contributed by atoms with Crippen molar-refractivity contribution < 1.29 is 14.4 Å². The van der Waals surface area contributed by atoms with Gasteiger partial charge >= 0.3 is 5.97 Å². The second-order valence-electron chi connectivity index (χ2n) is 3.13. The number of rotatable bonds is 3. The van der Waals surface area contributed by atoms with Crippen molar-refractivity contribution in [1.82, 2.24) is 5.16 Å². The molecule has 4 nitrogen and oxygen atoms in total. The van der Waals surface area contributed by atoms with E-state index in [2.05, 4.69) is 9.68 Å². The van der Waals surface area contributed by atoms with Gasteiger partial charge < -0.3 is 9.63 Å². The molecular weight excluding hydrogens is 158 g/mol. The van der Waals surface area contributed by atoms with Crippen molar-refractivity contribution in [3.8, 4) is 0 Å². The SMILES string of the molecule is O=C(O)c1conc1CC1CC1. The Hall–Kier alpha value is -1.32. The third-order valence-corrected chi connectivity index (χ3v) is 2.05. The summed E-state index contributed by atoms with van der Waals surface area (Å²) in [5, 5.41) is 12.3. The fourth-order valence-electron chi connectivity index (χ4n) is 1.18. The average molecular weight is 167 g/mol. The predicted molar refractivity (Wildman–Crippen MR) is 39.9 cm³/mol. The van der Waals surface area contributed by atoms with E-state index >= 15 is 0 Å². The maximum atomic E-state index is 10.6. The van der Waals surface area contributed by atoms with Crippen molar-refractivity contribution in [1.29, 1.82) is 0 Å². The van der Waals surface area contributed by atoms with Crippen molar-refractivity contribution in [2.75, 3.05) is 0 Å². The number of aromatic carboxylic acids is 1. The summed E-state index contributed by atoms with van der Waals surface area (Å²) in [5.74, 6) is -0.319. The highest BCUT2D eigenvalue weighted by Crippen LogP contribution is 2.32. The summed E-state index contributed by atoms with van der Waals surface area (Å²) >= 11 is 0. The zero-order chi connectivity index (χ0) is 8.55. The number of nitrogens with zero attached hydrogens (tertiary/aromatic N) is 1. The topological polar surface area (TPSA) is 63.3 Å². The minimum absolute atomic E-state index is 0.210. The van der Waals surface area contributed by atoms with Crippen LogP contribution in [0.3, 0.4) is 0 Å². The highest BCUT2D eigenvalue weighted by molar-refractivity contribution is 5.88. The lowest BCUT2D eigenvalue weighted by atomic mass is 10.1. The molecular formula is C8H9NO3. The fourth-order valence-corrected chi connectivity index (χ4v) is 1.18. The summed E-state index contributed by atoms with van der Waals surface area (Å²) in [6.07, 6.45) is 4.32. The summed E-state index contributed by atoms with van der Waals surface area (Å²) in [7, 11) is 0. The molecule has 1 heterocycles. The number of hydrogen-bond donors (Lipinski definition) is 1. The minimum atomic E-state index is -0.952. The normalized spacial score (nSPS) is 16.3. The smallest absolute Gasteiger partial charge is 0.340 e. The Morgan fingerprint density at radius 3 is 3.08 bits per heavy atom. The molecule has 1 aliphatic carbocycles. The van der Waals surface area contributed by atoms with Crippen molar-refractivity contribution in [2.24, 2.45) is 5.92 Å². The van der Waals surface area contributed by atoms with Gasteiger partial charge in [-0.15, -0.1) is 0 Å². The van der Waals surface area contributed by atoms with Gasteiger partial charge in [-0.05, 0) is 25.2 Å². The van der Waals surface area contributed by atoms with Gasteiger partial charge in [0.25, 0.3) is 0 Å². The molecule has 0 aliphatic heterocycles. The van der Waals surface area contributed by atoms with Crippen LogP contribution in [0, 0.1) is 5.92 Å². The molecule has 12 heavy (non-hydrogen) atoms. The van der Waals surface area contributed by atoms with E-state index in [-0.39, 0.29) is 5.56 Å². The van der Waals surface area contributed by atoms with Crippen LogP contribution in [-0.4, -0.2) is 16.2 Å². The Balaban J connectivity index is 2.17. The molecule has 0 atom stereocenters. The zero-order valence-corrected chi connectivity index (χ0v) is 6.49. The Morgan fingerprint density at radius 1 is 1.75 bits per heavy atom. The van der Waals surface area contributed by atoms with E-state index in [0.717, 1.165) is 6.42 Å². The van der Waals surface area contributed by atoms with Gasteiger partial charge in [0, 0.05) is 0 Å². The lowest BCUT2D eigenvalue weighted by Gasteiger charge is -1.92. The Bertz CT molecular complexity index is 301. The van der Waals surface area contributed by atoms with Crippen LogP contribution in [0.4, 0.5) is 0 Å². The molecule has 1 fully saturated rings. The summed E-state index contributed by atoms with van der Waals surface area (Å²) in [6, 6.07) is 0. The van der Waals surface area contributed by atoms with Gasteiger partial charge in [-0.1, -0.05) is 5.16 Å². The van der Waals surface area contributed by atoms with Gasteiger partial charge in [0.05, 0.1) is 5.69 Å². The molecule has 0 aromatic carbocycles. The molecule has 4 heteroatoms. The highest BCUT2D eigenvalue weighted by Gasteiger charge is 2.26. The van der Waals surface area contributed by atoms with Crippen LogP contribution in [0.5, 0.6) is 0 Å². The predicted octanol–water partition coefficient (Wildman–Crippen LogP) is 1.33. The molecule has 1 aromatic rings. The van der Waals surface area contributed by atoms with Crippen molar-refractivity contribution in [3.63, 3.8) is 0 Å². The molecule has 0 saturated heterocycles. The van der Waals surface area contributed by atoms with Crippen LogP contribution in [0.1, 0.15) is 28.9 Å². The average Bonchev–Trinajstić information content (AvgIpc) is 2.66. The molecule has 0 bridgehead atoms. The first kappa shape index (κ1) is 7.34. The van der Waals surface area contributed by atoms with Crippen LogP contribution < -0.4 is 0 Å².